The first-order valence-corrected chi connectivity index (χ1v) is 8.27. The Kier molecular flexibility index (Phi) is 4.96. The monoisotopic (exact) mass is 391 g/mol. The maximum absolute atomic E-state index is 13.2. The van der Waals surface area contributed by atoms with Gasteiger partial charge in [-0.3, -0.25) is 0 Å². The van der Waals surface area contributed by atoms with Crippen LogP contribution in [0.1, 0.15) is 11.1 Å². The van der Waals surface area contributed by atoms with Crippen molar-refractivity contribution in [3.63, 3.8) is 0 Å². The van der Waals surface area contributed by atoms with Crippen molar-refractivity contribution in [3.8, 4) is 11.8 Å². The number of benzene rings is 2. The number of hydrogen-bond donors (Lipinski definition) is 0. The molecule has 0 atom stereocenters. The van der Waals surface area contributed by atoms with Gasteiger partial charge in [-0.1, -0.05) is 6.58 Å². The quantitative estimate of drug-likeness (QED) is 0.332. The van der Waals surface area contributed by atoms with E-state index in [1.807, 2.05) is 0 Å². The van der Waals surface area contributed by atoms with Gasteiger partial charge < -0.3 is 4.74 Å². The molecule has 0 N–H and O–H groups in total. The summed E-state index contributed by atoms with van der Waals surface area (Å²) in [5, 5.41) is 8.91. The van der Waals surface area contributed by atoms with E-state index in [9.17, 15) is 22.4 Å². The molecule has 1 aliphatic heterocycles. The summed E-state index contributed by atoms with van der Waals surface area (Å²) < 4.78 is 57.6. The molecule has 0 saturated carbocycles. The van der Waals surface area contributed by atoms with Crippen LogP contribution in [0.2, 0.25) is 0 Å². The Morgan fingerprint density at radius 2 is 1.82 bits per heavy atom. The minimum atomic E-state index is -4.70. The van der Waals surface area contributed by atoms with Gasteiger partial charge in [0.1, 0.15) is 37.0 Å². The predicted molar refractivity (Wildman–Crippen MR) is 93.7 cm³/mol. The fraction of sp³-hybridized carbons (Fsp3) is 0.200. The van der Waals surface area contributed by atoms with Crippen LogP contribution in [-0.4, -0.2) is 25.6 Å². The summed E-state index contributed by atoms with van der Waals surface area (Å²) in [5.74, 6) is -0.553. The van der Waals surface area contributed by atoms with E-state index in [1.165, 1.54) is 36.4 Å². The molecule has 0 spiro atoms. The topological polar surface area (TPSA) is 50.1 Å². The first kappa shape index (κ1) is 19.6. The Bertz CT molecular complexity index is 971. The normalized spacial score (nSPS) is 14.8. The second kappa shape index (κ2) is 7.09. The Labute approximate surface area is 158 Å². The second-order valence-electron chi connectivity index (χ2n) is 6.41. The zero-order valence-electron chi connectivity index (χ0n) is 14.6. The first-order chi connectivity index (χ1) is 13.2. The molecule has 1 fully saturated rings. The summed E-state index contributed by atoms with van der Waals surface area (Å²) in [4.78, 5) is 12.8. The lowest BCUT2D eigenvalue weighted by atomic mass is 10.1. The number of quaternary nitrogens is 1. The van der Waals surface area contributed by atoms with Gasteiger partial charge in [-0.05, 0) is 30.3 Å². The Morgan fingerprint density at radius 3 is 2.36 bits per heavy atom. The molecule has 0 aromatic heterocycles. The number of amides is 1. The molecule has 3 rings (SSSR count). The van der Waals surface area contributed by atoms with E-state index in [0.717, 1.165) is 12.1 Å². The van der Waals surface area contributed by atoms with E-state index >= 15 is 0 Å². The van der Waals surface area contributed by atoms with Crippen LogP contribution in [0.4, 0.5) is 23.2 Å². The fourth-order valence-electron chi connectivity index (χ4n) is 2.87. The lowest BCUT2D eigenvalue weighted by molar-refractivity contribution is -0.138. The van der Waals surface area contributed by atoms with Gasteiger partial charge in [0.15, 0.2) is 0 Å². The van der Waals surface area contributed by atoms with Crippen molar-refractivity contribution >= 4 is 11.6 Å². The SMILES string of the molecule is C=C(COc1ccc(F)cc1)C(=O)[N+]1(c2ccc(C#N)c(C(F)(F)F)c2)CC1. The number of alkyl halides is 3. The van der Waals surface area contributed by atoms with Crippen LogP contribution in [-0.2, 0) is 11.0 Å². The van der Waals surface area contributed by atoms with Crippen molar-refractivity contribution in [2.45, 2.75) is 6.18 Å². The van der Waals surface area contributed by atoms with Crippen LogP contribution in [0.15, 0.2) is 54.6 Å². The largest absolute Gasteiger partial charge is 0.489 e. The summed E-state index contributed by atoms with van der Waals surface area (Å²) in [7, 11) is 0. The van der Waals surface area contributed by atoms with Gasteiger partial charge in [-0.2, -0.15) is 18.4 Å². The lowest BCUT2D eigenvalue weighted by Gasteiger charge is -2.18. The van der Waals surface area contributed by atoms with Crippen molar-refractivity contribution in [1.82, 2.24) is 4.48 Å². The van der Waals surface area contributed by atoms with Crippen LogP contribution in [0.25, 0.3) is 0 Å². The molecule has 0 aliphatic carbocycles. The van der Waals surface area contributed by atoms with Gasteiger partial charge in [-0.15, -0.1) is 0 Å². The Morgan fingerprint density at radius 1 is 1.18 bits per heavy atom. The van der Waals surface area contributed by atoms with E-state index < -0.39 is 29.0 Å². The molecular formula is C20H15F4N2O2+. The Balaban J connectivity index is 1.79. The van der Waals surface area contributed by atoms with Gasteiger partial charge in [-0.25, -0.2) is 13.7 Å². The van der Waals surface area contributed by atoms with E-state index in [0.29, 0.717) is 18.8 Å². The third kappa shape index (κ3) is 3.75. The van der Waals surface area contributed by atoms with Crippen LogP contribution >= 0.6 is 0 Å². The summed E-state index contributed by atoms with van der Waals surface area (Å²) in [5.41, 5.74) is -1.33. The van der Waals surface area contributed by atoms with Crippen LogP contribution in [0.3, 0.4) is 0 Å². The zero-order chi connectivity index (χ0) is 20.5. The minimum absolute atomic E-state index is 0.0831. The predicted octanol–water partition coefficient (Wildman–Crippen LogP) is 4.20. The fourth-order valence-corrected chi connectivity index (χ4v) is 2.87. The maximum atomic E-state index is 13.2. The molecule has 2 aromatic rings. The first-order valence-electron chi connectivity index (χ1n) is 8.27. The summed E-state index contributed by atoms with van der Waals surface area (Å²) in [6, 6.07) is 9.98. The van der Waals surface area contributed by atoms with E-state index in [2.05, 4.69) is 6.58 Å². The molecule has 0 unspecified atom stereocenters. The minimum Gasteiger partial charge on any atom is -0.489 e. The molecular weight excluding hydrogens is 376 g/mol. The maximum Gasteiger partial charge on any atom is 0.417 e. The number of carbonyl (C=O) groups is 1. The highest BCUT2D eigenvalue weighted by Crippen LogP contribution is 2.40. The molecule has 1 saturated heterocycles. The number of ether oxygens (including phenoxy) is 1. The van der Waals surface area contributed by atoms with Gasteiger partial charge in [0.2, 0.25) is 0 Å². The molecule has 1 aliphatic rings. The third-order valence-corrected chi connectivity index (χ3v) is 4.51. The number of nitriles is 1. The average molecular weight is 391 g/mol. The molecule has 1 amide bonds. The Hall–Kier alpha value is -3.18. The number of carbonyl (C=O) groups excluding carboxylic acids is 1. The van der Waals surface area contributed by atoms with E-state index in [-0.39, 0.29) is 22.4 Å². The number of rotatable bonds is 5. The van der Waals surface area contributed by atoms with Crippen LogP contribution in [0, 0.1) is 17.1 Å². The smallest absolute Gasteiger partial charge is 0.417 e. The van der Waals surface area contributed by atoms with Crippen LogP contribution < -0.4 is 9.22 Å². The van der Waals surface area contributed by atoms with Crippen molar-refractivity contribution in [2.24, 2.45) is 0 Å². The van der Waals surface area contributed by atoms with Crippen molar-refractivity contribution in [2.75, 3.05) is 19.7 Å². The van der Waals surface area contributed by atoms with Gasteiger partial charge in [0.05, 0.1) is 22.8 Å². The van der Waals surface area contributed by atoms with Crippen molar-refractivity contribution in [1.29, 1.82) is 5.26 Å². The van der Waals surface area contributed by atoms with Crippen molar-refractivity contribution in [3.05, 3.63) is 71.6 Å². The summed E-state index contributed by atoms with van der Waals surface area (Å²) >= 11 is 0. The number of halogens is 4. The van der Waals surface area contributed by atoms with E-state index in [1.54, 1.807) is 0 Å². The standard InChI is InChI=1S/C20H15F4N2O2/c1-13(12-28-17-6-3-15(21)4-7-17)19(27)26(8-9-26)16-5-2-14(11-25)18(10-16)20(22,23)24/h2-7,10H,1,8-9,12H2/q+1. The van der Waals surface area contributed by atoms with Gasteiger partial charge in [0.25, 0.3) is 0 Å². The summed E-state index contributed by atoms with van der Waals surface area (Å²) in [6.07, 6.45) is -4.70. The van der Waals surface area contributed by atoms with E-state index in [4.69, 9.17) is 10.00 Å². The van der Waals surface area contributed by atoms with Gasteiger partial charge in [0, 0.05) is 12.1 Å². The second-order valence-corrected chi connectivity index (χ2v) is 6.41. The molecule has 144 valence electrons. The molecule has 28 heavy (non-hydrogen) atoms. The molecule has 0 radical (unpaired) electrons. The molecule has 0 bridgehead atoms. The number of nitrogens with zero attached hydrogens (tertiary/aromatic N) is 2. The van der Waals surface area contributed by atoms with Crippen LogP contribution in [0.5, 0.6) is 5.75 Å². The molecule has 2 aromatic carbocycles. The van der Waals surface area contributed by atoms with Crippen molar-refractivity contribution < 1.29 is 27.1 Å². The van der Waals surface area contributed by atoms with Gasteiger partial charge >= 0.3 is 12.1 Å². The molecule has 1 heterocycles. The highest BCUT2D eigenvalue weighted by Gasteiger charge is 2.53. The molecule has 8 heteroatoms. The molecule has 4 nitrogen and oxygen atoms in total. The third-order valence-electron chi connectivity index (χ3n) is 4.51. The zero-order valence-corrected chi connectivity index (χ0v) is 14.6. The lowest BCUT2D eigenvalue weighted by Crippen LogP contribution is -2.37. The average Bonchev–Trinajstić information content (AvgIpc) is 3.47. The highest BCUT2D eigenvalue weighted by atomic mass is 19.4. The highest BCUT2D eigenvalue weighted by molar-refractivity contribution is 6.03. The number of hydrogen-bond acceptors (Lipinski definition) is 3. The summed E-state index contributed by atoms with van der Waals surface area (Å²) in [6.45, 7) is 4.17.